The highest BCUT2D eigenvalue weighted by Crippen LogP contribution is 2.42. The van der Waals surface area contributed by atoms with Gasteiger partial charge in [-0.3, -0.25) is 0 Å². The Morgan fingerprint density at radius 1 is 0.295 bits per heavy atom. The lowest BCUT2D eigenvalue weighted by Gasteiger charge is -2.14. The first-order valence-electron chi connectivity index (χ1n) is 20.7. The summed E-state index contributed by atoms with van der Waals surface area (Å²) in [4.78, 5) is 5.34. The lowest BCUT2D eigenvalue weighted by molar-refractivity contribution is 0.979. The molecule has 3 nitrogen and oxygen atoms in total. The maximum atomic E-state index is 5.46. The van der Waals surface area contributed by atoms with E-state index < -0.39 is 0 Å². The Morgan fingerprint density at radius 3 is 1.21 bits per heavy atom. The highest BCUT2D eigenvalue weighted by atomic mass is 15.2. The molecule has 0 amide bonds. The Bertz CT molecular complexity index is 3180. The van der Waals surface area contributed by atoms with Gasteiger partial charge in [-0.2, -0.15) is 5.10 Å². The van der Waals surface area contributed by atoms with Crippen molar-refractivity contribution < 1.29 is 0 Å². The van der Waals surface area contributed by atoms with E-state index in [1.165, 1.54) is 22.3 Å². The van der Waals surface area contributed by atoms with E-state index >= 15 is 0 Å². The summed E-state index contributed by atoms with van der Waals surface area (Å²) in [6.45, 7) is 0. The number of nitrogens with zero attached hydrogens (tertiary/aromatic N) is 3. The highest BCUT2D eigenvalue weighted by molar-refractivity contribution is 6.09. The van der Waals surface area contributed by atoms with Crippen LogP contribution < -0.4 is 0 Å². The Kier molecular flexibility index (Phi) is 9.18. The van der Waals surface area contributed by atoms with Crippen LogP contribution in [0.3, 0.4) is 0 Å². The molecule has 0 N–H and O–H groups in total. The maximum Gasteiger partial charge on any atom is 0.101 e. The monoisotopic (exact) mass is 777 g/mol. The van der Waals surface area contributed by atoms with Crippen LogP contribution in [-0.2, 0) is 0 Å². The second-order valence-corrected chi connectivity index (χ2v) is 15.4. The normalized spacial score (nSPS) is 11.3. The first-order valence-corrected chi connectivity index (χ1v) is 20.7. The van der Waals surface area contributed by atoms with E-state index in [1.807, 2.05) is 0 Å². The van der Waals surface area contributed by atoms with Gasteiger partial charge in [0.05, 0.1) is 22.6 Å². The Labute approximate surface area is 355 Å². The van der Waals surface area contributed by atoms with Crippen LogP contribution in [0, 0.1) is 0 Å². The van der Waals surface area contributed by atoms with Crippen molar-refractivity contribution in [2.75, 3.05) is 0 Å². The molecule has 8 aromatic carbocycles. The van der Waals surface area contributed by atoms with Gasteiger partial charge in [-0.05, 0) is 68.6 Å². The summed E-state index contributed by atoms with van der Waals surface area (Å²) in [6.07, 6.45) is 0. The summed E-state index contributed by atoms with van der Waals surface area (Å²) < 4.78 is 2.16. The molecule has 3 heteroatoms. The summed E-state index contributed by atoms with van der Waals surface area (Å²) >= 11 is 0. The van der Waals surface area contributed by atoms with Crippen LogP contribution in [0.15, 0.2) is 237 Å². The fraction of sp³-hybridized carbons (Fsp3) is 0. The molecular weight excluding hydrogens is 739 g/mol. The van der Waals surface area contributed by atoms with E-state index in [4.69, 9.17) is 10.1 Å². The SMILES string of the molecule is c1ccc(-c2ccc(-c3cc(-c4ccc5cc(-c6ccccc6)n6nc(-c7ccccc7)c(-c7ccccc7)c6c5c4)cc(-c4ccc(-c5ccccc5)cc4)n3)cc2)cc1. The molecule has 0 radical (unpaired) electrons. The van der Waals surface area contributed by atoms with Gasteiger partial charge in [0.1, 0.15) is 5.69 Å². The van der Waals surface area contributed by atoms with Crippen LogP contribution in [0.5, 0.6) is 0 Å². The van der Waals surface area contributed by atoms with Crippen molar-refractivity contribution in [2.45, 2.75) is 0 Å². The summed E-state index contributed by atoms with van der Waals surface area (Å²) in [5, 5.41) is 7.74. The largest absolute Gasteiger partial charge is 0.248 e. The predicted molar refractivity (Wildman–Crippen MR) is 254 cm³/mol. The summed E-state index contributed by atoms with van der Waals surface area (Å²) in [5.41, 5.74) is 18.4. The average molecular weight is 778 g/mol. The molecule has 0 unspecified atom stereocenters. The van der Waals surface area contributed by atoms with Crippen molar-refractivity contribution >= 4 is 16.3 Å². The second-order valence-electron chi connectivity index (χ2n) is 15.4. The average Bonchev–Trinajstić information content (AvgIpc) is 3.76. The lowest BCUT2D eigenvalue weighted by atomic mass is 9.94. The first-order chi connectivity index (χ1) is 30.2. The van der Waals surface area contributed by atoms with Gasteiger partial charge < -0.3 is 0 Å². The molecule has 0 saturated carbocycles. The third-order valence-electron chi connectivity index (χ3n) is 11.6. The van der Waals surface area contributed by atoms with E-state index in [-0.39, 0.29) is 0 Å². The molecule has 0 aliphatic rings. The number of pyridine rings is 2. The lowest BCUT2D eigenvalue weighted by Crippen LogP contribution is -1.96. The molecule has 286 valence electrons. The zero-order valence-corrected chi connectivity index (χ0v) is 33.4. The number of rotatable bonds is 8. The number of fused-ring (bicyclic) bond motifs is 3. The minimum Gasteiger partial charge on any atom is -0.248 e. The van der Waals surface area contributed by atoms with Crippen molar-refractivity contribution in [3.05, 3.63) is 237 Å². The van der Waals surface area contributed by atoms with Crippen LogP contribution in [0.25, 0.3) is 106 Å². The minimum atomic E-state index is 0.921. The number of benzene rings is 8. The number of hydrogen-bond donors (Lipinski definition) is 0. The Balaban J connectivity index is 1.13. The smallest absolute Gasteiger partial charge is 0.101 e. The summed E-state index contributed by atoms with van der Waals surface area (Å²) in [7, 11) is 0. The summed E-state index contributed by atoms with van der Waals surface area (Å²) in [5.74, 6) is 0. The molecule has 3 aromatic heterocycles. The molecule has 61 heavy (non-hydrogen) atoms. The van der Waals surface area contributed by atoms with Gasteiger partial charge in [-0.15, -0.1) is 0 Å². The molecule has 0 aliphatic heterocycles. The fourth-order valence-corrected chi connectivity index (χ4v) is 8.53. The molecule has 0 fully saturated rings. The van der Waals surface area contributed by atoms with Crippen molar-refractivity contribution in [1.82, 2.24) is 14.6 Å². The predicted octanol–water partition coefficient (Wildman–Crippen LogP) is 15.2. The van der Waals surface area contributed by atoms with E-state index in [1.54, 1.807) is 0 Å². The third-order valence-corrected chi connectivity index (χ3v) is 11.6. The molecule has 0 spiro atoms. The van der Waals surface area contributed by atoms with Gasteiger partial charge in [0.15, 0.2) is 0 Å². The van der Waals surface area contributed by atoms with E-state index in [0.717, 1.165) is 83.6 Å². The van der Waals surface area contributed by atoms with Gasteiger partial charge in [-0.25, -0.2) is 9.50 Å². The molecule has 0 bridgehead atoms. The molecule has 0 atom stereocenters. The maximum absolute atomic E-state index is 5.46. The molecule has 3 heterocycles. The van der Waals surface area contributed by atoms with Crippen LogP contribution >= 0.6 is 0 Å². The third kappa shape index (κ3) is 6.88. The standard InChI is InChI=1S/C58H39N3/c1-6-16-40(17-7-1)42-26-30-44(31-27-42)53-37-51(38-54(59-53)45-32-28-43(29-33-45)41-18-8-2-9-19-41)49-34-35-50-39-55(46-20-10-3-11-21-46)61-58(52(50)36-49)56(47-22-12-4-13-23-47)57(60-61)48-24-14-5-15-25-48/h1-39H. The van der Waals surface area contributed by atoms with Crippen LogP contribution in [0.1, 0.15) is 0 Å². The number of aromatic nitrogens is 3. The van der Waals surface area contributed by atoms with E-state index in [2.05, 4.69) is 241 Å². The zero-order valence-electron chi connectivity index (χ0n) is 33.4. The summed E-state index contributed by atoms with van der Waals surface area (Å²) in [6, 6.07) is 84.0. The first kappa shape index (κ1) is 36.0. The van der Waals surface area contributed by atoms with Gasteiger partial charge in [-0.1, -0.05) is 212 Å². The van der Waals surface area contributed by atoms with E-state index in [0.29, 0.717) is 0 Å². The molecular formula is C58H39N3. The van der Waals surface area contributed by atoms with Crippen molar-refractivity contribution in [3.63, 3.8) is 0 Å². The Morgan fingerprint density at radius 2 is 0.705 bits per heavy atom. The molecule has 0 saturated heterocycles. The quantitative estimate of drug-likeness (QED) is 0.154. The topological polar surface area (TPSA) is 30.2 Å². The minimum absolute atomic E-state index is 0.921. The molecule has 11 rings (SSSR count). The fourth-order valence-electron chi connectivity index (χ4n) is 8.53. The molecule has 11 aromatic rings. The van der Waals surface area contributed by atoms with Crippen molar-refractivity contribution in [3.8, 4) is 89.5 Å². The zero-order chi connectivity index (χ0) is 40.5. The van der Waals surface area contributed by atoms with Crippen molar-refractivity contribution in [2.24, 2.45) is 0 Å². The van der Waals surface area contributed by atoms with Crippen LogP contribution in [0.4, 0.5) is 0 Å². The molecule has 0 aliphatic carbocycles. The van der Waals surface area contributed by atoms with Crippen LogP contribution in [0.2, 0.25) is 0 Å². The van der Waals surface area contributed by atoms with Gasteiger partial charge in [0, 0.05) is 33.2 Å². The van der Waals surface area contributed by atoms with Gasteiger partial charge >= 0.3 is 0 Å². The van der Waals surface area contributed by atoms with Gasteiger partial charge in [0.25, 0.3) is 0 Å². The van der Waals surface area contributed by atoms with Gasteiger partial charge in [0.2, 0.25) is 0 Å². The van der Waals surface area contributed by atoms with Crippen LogP contribution in [-0.4, -0.2) is 14.6 Å². The van der Waals surface area contributed by atoms with E-state index in [9.17, 15) is 0 Å². The highest BCUT2D eigenvalue weighted by Gasteiger charge is 2.22. The van der Waals surface area contributed by atoms with Crippen molar-refractivity contribution in [1.29, 1.82) is 0 Å². The number of hydrogen-bond acceptors (Lipinski definition) is 2. The Hall–Kier alpha value is -8.14. The second kappa shape index (κ2) is 15.6.